The van der Waals surface area contributed by atoms with Gasteiger partial charge in [0.15, 0.2) is 0 Å². The minimum atomic E-state index is -0.00579. The summed E-state index contributed by atoms with van der Waals surface area (Å²) in [4.78, 5) is 4.12. The van der Waals surface area contributed by atoms with Crippen LogP contribution in [0, 0.1) is 5.92 Å². The molecule has 0 spiro atoms. The zero-order valence-electron chi connectivity index (χ0n) is 8.40. The molecule has 0 radical (unpaired) electrons. The van der Waals surface area contributed by atoms with Crippen molar-refractivity contribution in [3.63, 3.8) is 0 Å². The molecular weight excluding hydrogens is 258 g/mol. The number of halogens is 1. The van der Waals surface area contributed by atoms with Crippen LogP contribution in [0.25, 0.3) is 0 Å². The second-order valence-corrected chi connectivity index (χ2v) is 4.73. The molecule has 15 heavy (non-hydrogen) atoms. The second-order valence-electron chi connectivity index (χ2n) is 3.81. The number of hydrogen-bond acceptors (Lipinski definition) is 3. The Hall–Kier alpha value is -0.450. The maximum atomic E-state index is 9.28. The van der Waals surface area contributed by atoms with Gasteiger partial charge in [0.2, 0.25) is 0 Å². The first-order valence-electron chi connectivity index (χ1n) is 5.14. The van der Waals surface area contributed by atoms with Crippen molar-refractivity contribution in [1.29, 1.82) is 0 Å². The minimum Gasteiger partial charge on any atom is -0.396 e. The Balaban J connectivity index is 2.20. The molecular formula is C11H14BrNO2. The topological polar surface area (TPSA) is 42.4 Å². The summed E-state index contributed by atoms with van der Waals surface area (Å²) in [7, 11) is 0. The first kappa shape index (κ1) is 11.0. The van der Waals surface area contributed by atoms with E-state index in [1.54, 1.807) is 6.20 Å². The Morgan fingerprint density at radius 1 is 1.53 bits per heavy atom. The molecule has 1 saturated heterocycles. The van der Waals surface area contributed by atoms with Gasteiger partial charge < -0.3 is 9.84 Å². The van der Waals surface area contributed by atoms with Crippen LogP contribution in [0.4, 0.5) is 0 Å². The number of hydrogen-bond donors (Lipinski definition) is 1. The Labute approximate surface area is 97.6 Å². The van der Waals surface area contributed by atoms with Crippen LogP contribution in [0.1, 0.15) is 24.5 Å². The van der Waals surface area contributed by atoms with E-state index < -0.39 is 0 Å². The van der Waals surface area contributed by atoms with Gasteiger partial charge in [-0.1, -0.05) is 0 Å². The molecule has 1 aromatic heterocycles. The van der Waals surface area contributed by atoms with Crippen molar-refractivity contribution in [1.82, 2.24) is 4.98 Å². The van der Waals surface area contributed by atoms with Gasteiger partial charge in [0.1, 0.15) is 0 Å². The normalized spacial score (nSPS) is 26.5. The van der Waals surface area contributed by atoms with E-state index in [-0.39, 0.29) is 18.6 Å². The molecule has 0 aromatic carbocycles. The minimum absolute atomic E-state index is 0.00579. The Bertz CT molecular complexity index is 332. The number of nitrogens with zero attached hydrogens (tertiary/aromatic N) is 1. The Morgan fingerprint density at radius 2 is 2.40 bits per heavy atom. The lowest BCUT2D eigenvalue weighted by Gasteiger charge is -2.30. The van der Waals surface area contributed by atoms with E-state index in [9.17, 15) is 5.11 Å². The standard InChI is InChI=1S/C11H14BrNO2/c12-10-4-9(5-13-6-10)11-8(7-14)2-1-3-15-11/h4-6,8,11,14H,1-3,7H2. The van der Waals surface area contributed by atoms with Crippen molar-refractivity contribution < 1.29 is 9.84 Å². The highest BCUT2D eigenvalue weighted by atomic mass is 79.9. The van der Waals surface area contributed by atoms with Crippen LogP contribution in [0.5, 0.6) is 0 Å². The highest BCUT2D eigenvalue weighted by Crippen LogP contribution is 2.33. The summed E-state index contributed by atoms with van der Waals surface area (Å²) in [5.74, 6) is 0.204. The molecule has 2 atom stereocenters. The zero-order valence-corrected chi connectivity index (χ0v) is 9.98. The third kappa shape index (κ3) is 2.56. The van der Waals surface area contributed by atoms with E-state index in [1.165, 1.54) is 0 Å². The number of aliphatic hydroxyl groups excluding tert-OH is 1. The summed E-state index contributed by atoms with van der Waals surface area (Å²) in [5, 5.41) is 9.28. The summed E-state index contributed by atoms with van der Waals surface area (Å²) in [5.41, 5.74) is 1.04. The average molecular weight is 272 g/mol. The van der Waals surface area contributed by atoms with E-state index in [4.69, 9.17) is 4.74 Å². The highest BCUT2D eigenvalue weighted by molar-refractivity contribution is 9.10. The fourth-order valence-electron chi connectivity index (χ4n) is 1.98. The molecule has 4 heteroatoms. The number of ether oxygens (including phenoxy) is 1. The molecule has 1 aliphatic heterocycles. The smallest absolute Gasteiger partial charge is 0.0890 e. The number of rotatable bonds is 2. The maximum Gasteiger partial charge on any atom is 0.0890 e. The zero-order chi connectivity index (χ0) is 10.7. The molecule has 1 aliphatic rings. The summed E-state index contributed by atoms with van der Waals surface area (Å²) in [6.07, 6.45) is 5.61. The monoisotopic (exact) mass is 271 g/mol. The van der Waals surface area contributed by atoms with E-state index in [0.717, 1.165) is 29.5 Å². The van der Waals surface area contributed by atoms with Crippen molar-refractivity contribution >= 4 is 15.9 Å². The molecule has 1 N–H and O–H groups in total. The third-order valence-corrected chi connectivity index (χ3v) is 3.17. The van der Waals surface area contributed by atoms with E-state index in [2.05, 4.69) is 20.9 Å². The number of aliphatic hydroxyl groups is 1. The van der Waals surface area contributed by atoms with Crippen molar-refractivity contribution in [3.8, 4) is 0 Å². The van der Waals surface area contributed by atoms with Crippen LogP contribution in [-0.4, -0.2) is 23.3 Å². The molecule has 2 heterocycles. The van der Waals surface area contributed by atoms with Crippen LogP contribution in [0.2, 0.25) is 0 Å². The van der Waals surface area contributed by atoms with Gasteiger partial charge in [-0.3, -0.25) is 4.98 Å². The maximum absolute atomic E-state index is 9.28. The molecule has 0 bridgehead atoms. The number of pyridine rings is 1. The molecule has 1 fully saturated rings. The predicted octanol–water partition coefficient (Wildman–Crippen LogP) is 2.30. The predicted molar refractivity (Wildman–Crippen MR) is 60.4 cm³/mol. The SMILES string of the molecule is OCC1CCCOC1c1cncc(Br)c1. The lowest BCUT2D eigenvalue weighted by molar-refractivity contribution is -0.0459. The molecule has 0 saturated carbocycles. The lowest BCUT2D eigenvalue weighted by Crippen LogP contribution is -2.25. The van der Waals surface area contributed by atoms with Gasteiger partial charge >= 0.3 is 0 Å². The molecule has 0 aliphatic carbocycles. The van der Waals surface area contributed by atoms with Gasteiger partial charge in [-0.25, -0.2) is 0 Å². The van der Waals surface area contributed by atoms with Gasteiger partial charge in [-0.15, -0.1) is 0 Å². The first-order valence-corrected chi connectivity index (χ1v) is 5.93. The molecule has 3 nitrogen and oxygen atoms in total. The summed E-state index contributed by atoms with van der Waals surface area (Å²) >= 11 is 3.39. The molecule has 82 valence electrons. The van der Waals surface area contributed by atoms with Gasteiger partial charge in [0.05, 0.1) is 6.10 Å². The van der Waals surface area contributed by atoms with Gasteiger partial charge in [-0.05, 0) is 34.8 Å². The van der Waals surface area contributed by atoms with Gasteiger partial charge in [-0.2, -0.15) is 0 Å². The van der Waals surface area contributed by atoms with Gasteiger partial charge in [0.25, 0.3) is 0 Å². The van der Waals surface area contributed by atoms with E-state index in [0.29, 0.717) is 0 Å². The highest BCUT2D eigenvalue weighted by Gasteiger charge is 2.27. The quantitative estimate of drug-likeness (QED) is 0.898. The summed E-state index contributed by atoms with van der Waals surface area (Å²) in [6.45, 7) is 0.949. The van der Waals surface area contributed by atoms with Crippen LogP contribution in [-0.2, 0) is 4.74 Å². The van der Waals surface area contributed by atoms with Crippen molar-refractivity contribution in [2.24, 2.45) is 5.92 Å². The number of aromatic nitrogens is 1. The molecule has 2 unspecified atom stereocenters. The Kier molecular flexibility index (Phi) is 3.72. The van der Waals surface area contributed by atoms with Crippen LogP contribution in [0.15, 0.2) is 22.9 Å². The van der Waals surface area contributed by atoms with Crippen molar-refractivity contribution in [3.05, 3.63) is 28.5 Å². The van der Waals surface area contributed by atoms with Crippen molar-refractivity contribution in [2.75, 3.05) is 13.2 Å². The van der Waals surface area contributed by atoms with Crippen molar-refractivity contribution in [2.45, 2.75) is 18.9 Å². The van der Waals surface area contributed by atoms with Gasteiger partial charge in [0, 0.05) is 41.6 Å². The van der Waals surface area contributed by atoms with E-state index >= 15 is 0 Å². The lowest BCUT2D eigenvalue weighted by atomic mass is 9.91. The molecule has 0 amide bonds. The van der Waals surface area contributed by atoms with Crippen LogP contribution in [0.3, 0.4) is 0 Å². The third-order valence-electron chi connectivity index (χ3n) is 2.73. The summed E-state index contributed by atoms with van der Waals surface area (Å²) in [6, 6.07) is 2.01. The average Bonchev–Trinajstić information content (AvgIpc) is 2.29. The van der Waals surface area contributed by atoms with E-state index in [1.807, 2.05) is 12.3 Å². The van der Waals surface area contributed by atoms with Crippen LogP contribution < -0.4 is 0 Å². The largest absolute Gasteiger partial charge is 0.396 e. The fourth-order valence-corrected chi connectivity index (χ4v) is 2.37. The Morgan fingerprint density at radius 3 is 3.13 bits per heavy atom. The second kappa shape index (κ2) is 5.05. The first-order chi connectivity index (χ1) is 7.31. The molecule has 2 rings (SSSR count). The van der Waals surface area contributed by atoms with Crippen LogP contribution >= 0.6 is 15.9 Å². The fraction of sp³-hybridized carbons (Fsp3) is 0.545. The summed E-state index contributed by atoms with van der Waals surface area (Å²) < 4.78 is 6.65. The molecule has 1 aromatic rings.